The molecule has 0 amide bonds. The zero-order valence-electron chi connectivity index (χ0n) is 6.13. The van der Waals surface area contributed by atoms with Crippen molar-refractivity contribution in [2.75, 3.05) is 0 Å². The highest BCUT2D eigenvalue weighted by atomic mass is 16.4. The van der Waals surface area contributed by atoms with E-state index in [9.17, 15) is 4.79 Å². The van der Waals surface area contributed by atoms with Gasteiger partial charge in [0.25, 0.3) is 0 Å². The molecule has 0 aliphatic rings. The summed E-state index contributed by atoms with van der Waals surface area (Å²) in [5, 5.41) is 8.24. The van der Waals surface area contributed by atoms with Gasteiger partial charge in [-0.15, -0.1) is 0 Å². The molecule has 10 heavy (non-hydrogen) atoms. The van der Waals surface area contributed by atoms with Crippen LogP contribution in [0.15, 0.2) is 24.3 Å². The fourth-order valence-corrected chi connectivity index (χ4v) is 0.507. The van der Waals surface area contributed by atoms with E-state index in [1.807, 2.05) is 13.0 Å². The van der Waals surface area contributed by atoms with Crippen molar-refractivity contribution in [2.45, 2.75) is 19.8 Å². The third-order valence-electron chi connectivity index (χ3n) is 1.15. The lowest BCUT2D eigenvalue weighted by Gasteiger charge is -1.89. The zero-order chi connectivity index (χ0) is 7.98. The largest absolute Gasteiger partial charge is 0.481 e. The molecule has 2 nitrogen and oxygen atoms in total. The van der Waals surface area contributed by atoms with Gasteiger partial charge in [0.1, 0.15) is 0 Å². The quantitative estimate of drug-likeness (QED) is 0.606. The summed E-state index contributed by atoms with van der Waals surface area (Å²) in [5.74, 6) is -0.756. The molecule has 0 aromatic heterocycles. The van der Waals surface area contributed by atoms with Crippen molar-refractivity contribution in [2.24, 2.45) is 0 Å². The van der Waals surface area contributed by atoms with E-state index in [-0.39, 0.29) is 6.42 Å². The Morgan fingerprint density at radius 3 is 2.70 bits per heavy atom. The average Bonchev–Trinajstić information content (AvgIpc) is 1.87. The molecule has 56 valence electrons. The Morgan fingerprint density at radius 2 is 2.30 bits per heavy atom. The molecule has 0 aliphatic heterocycles. The lowest BCUT2D eigenvalue weighted by molar-refractivity contribution is -0.136. The van der Waals surface area contributed by atoms with Gasteiger partial charge in [0.2, 0.25) is 0 Å². The minimum Gasteiger partial charge on any atom is -0.481 e. The second-order valence-electron chi connectivity index (χ2n) is 2.08. The van der Waals surface area contributed by atoms with Crippen molar-refractivity contribution in [3.8, 4) is 0 Å². The number of hydrogen-bond acceptors (Lipinski definition) is 1. The van der Waals surface area contributed by atoms with E-state index < -0.39 is 5.97 Å². The fourth-order valence-electron chi connectivity index (χ4n) is 0.507. The maximum absolute atomic E-state index is 10.0. The van der Waals surface area contributed by atoms with E-state index in [1.165, 1.54) is 0 Å². The number of hydrogen-bond donors (Lipinski definition) is 1. The first-order chi connectivity index (χ1) is 4.66. The molecule has 0 bridgehead atoms. The van der Waals surface area contributed by atoms with Gasteiger partial charge in [0.05, 0.1) is 0 Å². The van der Waals surface area contributed by atoms with Crippen LogP contribution in [0.25, 0.3) is 0 Å². The molecule has 0 spiro atoms. The van der Waals surface area contributed by atoms with Crippen LogP contribution in [0.5, 0.6) is 0 Å². The molecule has 2 heteroatoms. The molecule has 0 unspecified atom stereocenters. The van der Waals surface area contributed by atoms with Crippen molar-refractivity contribution in [3.63, 3.8) is 0 Å². The normalized spacial score (nSPS) is 11.1. The first kappa shape index (κ1) is 8.95. The van der Waals surface area contributed by atoms with Crippen LogP contribution in [0.4, 0.5) is 0 Å². The molecule has 0 saturated heterocycles. The van der Waals surface area contributed by atoms with Crippen LogP contribution in [0.1, 0.15) is 19.8 Å². The first-order valence-corrected chi connectivity index (χ1v) is 3.18. The van der Waals surface area contributed by atoms with Crippen molar-refractivity contribution in [1.29, 1.82) is 0 Å². The van der Waals surface area contributed by atoms with E-state index in [1.54, 1.807) is 6.08 Å². The molecule has 0 rings (SSSR count). The van der Waals surface area contributed by atoms with Crippen LogP contribution in [0.3, 0.4) is 0 Å². The maximum atomic E-state index is 10.0. The summed E-state index contributed by atoms with van der Waals surface area (Å²) in [6.07, 6.45) is 4.36. The van der Waals surface area contributed by atoms with Crippen molar-refractivity contribution in [3.05, 3.63) is 24.3 Å². The summed E-state index contributed by atoms with van der Waals surface area (Å²) in [4.78, 5) is 10.0. The van der Waals surface area contributed by atoms with Crippen LogP contribution < -0.4 is 0 Å². The standard InChI is InChI=1S/C8H12O2/c1-3-7(2)5-4-6-8(9)10/h3,5H,1,4,6H2,2H3,(H,9,10)/b7-5-. The molecule has 0 radical (unpaired) electrons. The monoisotopic (exact) mass is 140 g/mol. The van der Waals surface area contributed by atoms with Crippen LogP contribution in [0, 0.1) is 0 Å². The summed E-state index contributed by atoms with van der Waals surface area (Å²) in [6.45, 7) is 5.44. The highest BCUT2D eigenvalue weighted by Crippen LogP contribution is 1.98. The lowest BCUT2D eigenvalue weighted by Crippen LogP contribution is -1.91. The second-order valence-corrected chi connectivity index (χ2v) is 2.08. The highest BCUT2D eigenvalue weighted by molar-refractivity contribution is 5.66. The molecule has 0 aromatic rings. The topological polar surface area (TPSA) is 37.3 Å². The highest BCUT2D eigenvalue weighted by Gasteiger charge is 1.91. The molecular weight excluding hydrogens is 128 g/mol. The summed E-state index contributed by atoms with van der Waals surface area (Å²) in [6, 6.07) is 0. The predicted molar refractivity (Wildman–Crippen MR) is 40.8 cm³/mol. The van der Waals surface area contributed by atoms with Gasteiger partial charge in [0.15, 0.2) is 0 Å². The third-order valence-corrected chi connectivity index (χ3v) is 1.15. The maximum Gasteiger partial charge on any atom is 0.303 e. The number of rotatable bonds is 4. The van der Waals surface area contributed by atoms with E-state index in [4.69, 9.17) is 5.11 Å². The molecule has 1 N–H and O–H groups in total. The second kappa shape index (κ2) is 4.79. The van der Waals surface area contributed by atoms with Crippen LogP contribution in [0.2, 0.25) is 0 Å². The molecule has 0 fully saturated rings. The smallest absolute Gasteiger partial charge is 0.303 e. The number of carboxylic acids is 1. The van der Waals surface area contributed by atoms with Crippen molar-refractivity contribution in [1.82, 2.24) is 0 Å². The van der Waals surface area contributed by atoms with Crippen molar-refractivity contribution < 1.29 is 9.90 Å². The number of carbonyl (C=O) groups is 1. The first-order valence-electron chi connectivity index (χ1n) is 3.18. The SMILES string of the molecule is C=C/C(C)=C\CCC(=O)O. The van der Waals surface area contributed by atoms with Gasteiger partial charge in [-0.05, 0) is 13.3 Å². The number of carboxylic acid groups (broad SMARTS) is 1. The van der Waals surface area contributed by atoms with Crippen LogP contribution >= 0.6 is 0 Å². The van der Waals surface area contributed by atoms with E-state index >= 15 is 0 Å². The predicted octanol–water partition coefficient (Wildman–Crippen LogP) is 1.98. The Balaban J connectivity index is 3.52. The summed E-state index contributed by atoms with van der Waals surface area (Å²) in [7, 11) is 0. The Bertz CT molecular complexity index is 157. The average molecular weight is 140 g/mol. The molecule has 0 aliphatic carbocycles. The van der Waals surface area contributed by atoms with E-state index in [2.05, 4.69) is 6.58 Å². The van der Waals surface area contributed by atoms with Crippen LogP contribution in [-0.4, -0.2) is 11.1 Å². The summed E-state index contributed by atoms with van der Waals surface area (Å²) >= 11 is 0. The molecule has 0 atom stereocenters. The summed E-state index contributed by atoms with van der Waals surface area (Å²) < 4.78 is 0. The number of aliphatic carboxylic acids is 1. The molecule has 0 heterocycles. The molecular formula is C8H12O2. The fraction of sp³-hybridized carbons (Fsp3) is 0.375. The van der Waals surface area contributed by atoms with Gasteiger partial charge in [0, 0.05) is 6.42 Å². The van der Waals surface area contributed by atoms with E-state index in [0.29, 0.717) is 6.42 Å². The van der Waals surface area contributed by atoms with Gasteiger partial charge < -0.3 is 5.11 Å². The van der Waals surface area contributed by atoms with Gasteiger partial charge >= 0.3 is 5.97 Å². The van der Waals surface area contributed by atoms with Gasteiger partial charge in [-0.1, -0.05) is 24.3 Å². The van der Waals surface area contributed by atoms with Gasteiger partial charge in [-0.3, -0.25) is 4.79 Å². The Kier molecular flexibility index (Phi) is 4.29. The molecule has 0 aromatic carbocycles. The zero-order valence-corrected chi connectivity index (χ0v) is 6.13. The van der Waals surface area contributed by atoms with Gasteiger partial charge in [-0.2, -0.15) is 0 Å². The Morgan fingerprint density at radius 1 is 1.70 bits per heavy atom. The molecule has 0 saturated carbocycles. The Labute approximate surface area is 60.9 Å². The minimum atomic E-state index is -0.756. The number of allylic oxidation sites excluding steroid dienone is 3. The minimum absolute atomic E-state index is 0.200. The van der Waals surface area contributed by atoms with E-state index in [0.717, 1.165) is 5.57 Å². The van der Waals surface area contributed by atoms with Crippen LogP contribution in [-0.2, 0) is 4.79 Å². The third kappa shape index (κ3) is 5.09. The summed E-state index contributed by atoms with van der Waals surface area (Å²) in [5.41, 5.74) is 1.03. The van der Waals surface area contributed by atoms with Crippen molar-refractivity contribution >= 4 is 5.97 Å². The lowest BCUT2D eigenvalue weighted by atomic mass is 10.2. The Hall–Kier alpha value is -1.05. The van der Waals surface area contributed by atoms with Gasteiger partial charge in [-0.25, -0.2) is 0 Å².